The van der Waals surface area contributed by atoms with Crippen LogP contribution in [0.1, 0.15) is 12.8 Å². The Morgan fingerprint density at radius 2 is 1.67 bits per heavy atom. The van der Waals surface area contributed by atoms with Crippen LogP contribution in [0.15, 0.2) is 30.3 Å². The molecule has 0 fully saturated rings. The van der Waals surface area contributed by atoms with E-state index >= 15 is 0 Å². The van der Waals surface area contributed by atoms with Crippen LogP contribution in [-0.2, 0) is 0 Å². The van der Waals surface area contributed by atoms with Gasteiger partial charge in [0.1, 0.15) is 0 Å². The minimum atomic E-state index is 0.361. The minimum absolute atomic E-state index is 0.361. The van der Waals surface area contributed by atoms with E-state index in [9.17, 15) is 0 Å². The Kier molecular flexibility index (Phi) is 4.91. The van der Waals surface area contributed by atoms with E-state index in [1.54, 1.807) is 0 Å². The van der Waals surface area contributed by atoms with Crippen LogP contribution >= 0.6 is 0 Å². The summed E-state index contributed by atoms with van der Waals surface area (Å²) in [5, 5.41) is 3.32. The summed E-state index contributed by atoms with van der Waals surface area (Å²) >= 11 is 0. The molecule has 0 atom stereocenters. The van der Waals surface area contributed by atoms with Crippen molar-refractivity contribution in [2.45, 2.75) is 12.8 Å². The van der Waals surface area contributed by atoms with Crippen molar-refractivity contribution in [2.75, 3.05) is 11.9 Å². The maximum atomic E-state index is 5.28. The Bertz CT molecular complexity index is 337. The Morgan fingerprint density at radius 3 is 2.20 bits per heavy atom. The molecule has 0 saturated carbocycles. The maximum Gasteiger partial charge on any atom is 0.0340 e. The van der Waals surface area contributed by atoms with Crippen LogP contribution < -0.4 is 5.32 Å². The number of benzene rings is 1. The topological polar surface area (TPSA) is 12.0 Å². The Balaban J connectivity index is 2.41. The zero-order valence-corrected chi connectivity index (χ0v) is 8.74. The lowest BCUT2D eigenvalue weighted by molar-refractivity contribution is 0.590. The minimum Gasteiger partial charge on any atom is -0.385 e. The van der Waals surface area contributed by atoms with Crippen molar-refractivity contribution in [1.82, 2.24) is 0 Å². The van der Waals surface area contributed by atoms with Crippen LogP contribution in [0.25, 0.3) is 0 Å². The average molecular weight is 197 g/mol. The highest BCUT2D eigenvalue weighted by atomic mass is 14.9. The molecule has 1 aromatic carbocycles. The standard InChI is InChI=1S/C14H15N/c1-3-8-13(9-4-2)12-15-14-10-6-5-7-11-14/h1-2,5-7,10-11,13,15H,8-9,12H2. The molecule has 0 bridgehead atoms. The molecule has 0 unspecified atom stereocenters. The molecular weight excluding hydrogens is 182 g/mol. The SMILES string of the molecule is C#CCC(CC#C)CNc1ccccc1. The molecule has 0 aliphatic rings. The third-order valence-electron chi connectivity index (χ3n) is 2.18. The predicted octanol–water partition coefficient (Wildman–Crippen LogP) is 2.76. The fourth-order valence-corrected chi connectivity index (χ4v) is 1.37. The lowest BCUT2D eigenvalue weighted by Gasteiger charge is -2.13. The Hall–Kier alpha value is -1.86. The summed E-state index contributed by atoms with van der Waals surface area (Å²) in [7, 11) is 0. The van der Waals surface area contributed by atoms with E-state index in [4.69, 9.17) is 12.8 Å². The fourth-order valence-electron chi connectivity index (χ4n) is 1.37. The van der Waals surface area contributed by atoms with Gasteiger partial charge in [-0.1, -0.05) is 18.2 Å². The molecule has 1 rings (SSSR count). The van der Waals surface area contributed by atoms with Gasteiger partial charge in [0.15, 0.2) is 0 Å². The number of rotatable bonds is 5. The van der Waals surface area contributed by atoms with Gasteiger partial charge >= 0.3 is 0 Å². The van der Waals surface area contributed by atoms with E-state index in [1.165, 1.54) is 0 Å². The molecule has 0 saturated heterocycles. The lowest BCUT2D eigenvalue weighted by Crippen LogP contribution is -2.13. The summed E-state index contributed by atoms with van der Waals surface area (Å²) < 4.78 is 0. The van der Waals surface area contributed by atoms with E-state index in [2.05, 4.69) is 17.2 Å². The second-order valence-corrected chi connectivity index (χ2v) is 3.43. The van der Waals surface area contributed by atoms with Gasteiger partial charge in [-0.2, -0.15) is 0 Å². The normalized spacial score (nSPS) is 9.27. The van der Waals surface area contributed by atoms with Gasteiger partial charge in [0, 0.05) is 25.1 Å². The van der Waals surface area contributed by atoms with Crippen molar-refractivity contribution in [3.63, 3.8) is 0 Å². The highest BCUT2D eigenvalue weighted by Crippen LogP contribution is 2.10. The van der Waals surface area contributed by atoms with Gasteiger partial charge in [0.2, 0.25) is 0 Å². The average Bonchev–Trinajstić information content (AvgIpc) is 2.28. The van der Waals surface area contributed by atoms with E-state index in [0.29, 0.717) is 5.92 Å². The van der Waals surface area contributed by atoms with Crippen LogP contribution in [0.5, 0.6) is 0 Å². The van der Waals surface area contributed by atoms with Crippen LogP contribution in [0.3, 0.4) is 0 Å². The number of hydrogen-bond acceptors (Lipinski definition) is 1. The van der Waals surface area contributed by atoms with Crippen molar-refractivity contribution < 1.29 is 0 Å². The van der Waals surface area contributed by atoms with E-state index < -0.39 is 0 Å². The Morgan fingerprint density at radius 1 is 1.07 bits per heavy atom. The van der Waals surface area contributed by atoms with Crippen molar-refractivity contribution >= 4 is 5.69 Å². The molecule has 1 heteroatoms. The highest BCUT2D eigenvalue weighted by molar-refractivity contribution is 5.42. The van der Waals surface area contributed by atoms with Gasteiger partial charge < -0.3 is 5.32 Å². The van der Waals surface area contributed by atoms with Crippen molar-refractivity contribution in [2.24, 2.45) is 5.92 Å². The molecule has 0 amide bonds. The number of terminal acetylenes is 2. The van der Waals surface area contributed by atoms with Gasteiger partial charge in [-0.05, 0) is 18.1 Å². The second-order valence-electron chi connectivity index (χ2n) is 3.43. The summed E-state index contributed by atoms with van der Waals surface area (Å²) in [6.45, 7) is 0.832. The molecule has 0 heterocycles. The summed E-state index contributed by atoms with van der Waals surface area (Å²) in [6, 6.07) is 10.1. The zero-order valence-electron chi connectivity index (χ0n) is 8.74. The largest absolute Gasteiger partial charge is 0.385 e. The van der Waals surface area contributed by atoms with Crippen LogP contribution in [0, 0.1) is 30.6 Å². The van der Waals surface area contributed by atoms with Crippen LogP contribution in [0.4, 0.5) is 5.69 Å². The number of nitrogens with one attached hydrogen (secondary N) is 1. The van der Waals surface area contributed by atoms with Crippen LogP contribution in [-0.4, -0.2) is 6.54 Å². The monoisotopic (exact) mass is 197 g/mol. The molecule has 0 spiro atoms. The molecule has 76 valence electrons. The lowest BCUT2D eigenvalue weighted by atomic mass is 10.0. The second kappa shape index (κ2) is 6.57. The molecular formula is C14H15N. The van der Waals surface area contributed by atoms with E-state index in [-0.39, 0.29) is 0 Å². The third kappa shape index (κ3) is 4.25. The first-order chi connectivity index (χ1) is 7.36. The first kappa shape index (κ1) is 11.2. The quantitative estimate of drug-likeness (QED) is 0.716. The summed E-state index contributed by atoms with van der Waals surface area (Å²) in [5.41, 5.74) is 1.11. The van der Waals surface area contributed by atoms with Crippen molar-refractivity contribution in [3.05, 3.63) is 30.3 Å². The Labute approximate surface area is 91.9 Å². The number of para-hydroxylation sites is 1. The van der Waals surface area contributed by atoms with Crippen molar-refractivity contribution in [3.8, 4) is 24.7 Å². The molecule has 1 aromatic rings. The third-order valence-corrected chi connectivity index (χ3v) is 2.18. The molecule has 0 aliphatic carbocycles. The summed E-state index contributed by atoms with van der Waals surface area (Å²) in [5.74, 6) is 5.67. The van der Waals surface area contributed by atoms with Crippen LogP contribution in [0.2, 0.25) is 0 Å². The number of anilines is 1. The summed E-state index contributed by atoms with van der Waals surface area (Å²) in [6.07, 6.45) is 12.0. The molecule has 1 N–H and O–H groups in total. The molecule has 15 heavy (non-hydrogen) atoms. The van der Waals surface area contributed by atoms with E-state index in [0.717, 1.165) is 25.1 Å². The van der Waals surface area contributed by atoms with Gasteiger partial charge in [-0.15, -0.1) is 24.7 Å². The molecule has 0 aliphatic heterocycles. The van der Waals surface area contributed by atoms with Crippen molar-refractivity contribution in [1.29, 1.82) is 0 Å². The fraction of sp³-hybridized carbons (Fsp3) is 0.286. The number of hydrogen-bond donors (Lipinski definition) is 1. The predicted molar refractivity (Wildman–Crippen MR) is 65.3 cm³/mol. The van der Waals surface area contributed by atoms with Gasteiger partial charge in [0.25, 0.3) is 0 Å². The molecule has 1 nitrogen and oxygen atoms in total. The zero-order chi connectivity index (χ0) is 10.9. The van der Waals surface area contributed by atoms with Gasteiger partial charge in [0.05, 0.1) is 0 Å². The highest BCUT2D eigenvalue weighted by Gasteiger charge is 2.04. The summed E-state index contributed by atoms with van der Waals surface area (Å²) in [4.78, 5) is 0. The van der Waals surface area contributed by atoms with E-state index in [1.807, 2.05) is 30.3 Å². The van der Waals surface area contributed by atoms with Gasteiger partial charge in [-0.25, -0.2) is 0 Å². The first-order valence-corrected chi connectivity index (χ1v) is 5.02. The molecule has 0 radical (unpaired) electrons. The maximum absolute atomic E-state index is 5.28. The van der Waals surface area contributed by atoms with Gasteiger partial charge in [-0.3, -0.25) is 0 Å². The molecule has 0 aromatic heterocycles. The first-order valence-electron chi connectivity index (χ1n) is 5.02. The smallest absolute Gasteiger partial charge is 0.0340 e.